The van der Waals surface area contributed by atoms with Crippen LogP contribution in [0.2, 0.25) is 0 Å². The van der Waals surface area contributed by atoms with E-state index in [9.17, 15) is 5.11 Å². The van der Waals surface area contributed by atoms with Gasteiger partial charge in [0, 0.05) is 18.8 Å². The van der Waals surface area contributed by atoms with Gasteiger partial charge in [-0.25, -0.2) is 0 Å². The minimum absolute atomic E-state index is 0.541. The summed E-state index contributed by atoms with van der Waals surface area (Å²) >= 11 is 0. The Bertz CT molecular complexity index is 583. The minimum atomic E-state index is -0.541. The molecule has 2 rings (SSSR count). The second kappa shape index (κ2) is 7.14. The summed E-state index contributed by atoms with van der Waals surface area (Å²) in [6.07, 6.45) is -0.541. The molecule has 0 spiro atoms. The fraction of sp³-hybridized carbons (Fsp3) is 0.333. The number of aliphatic hydroxyl groups is 1. The Kier molecular flexibility index (Phi) is 5.23. The predicted molar refractivity (Wildman–Crippen MR) is 87.0 cm³/mol. The van der Waals surface area contributed by atoms with Gasteiger partial charge in [-0.2, -0.15) is 0 Å². The number of hydrogen-bond donors (Lipinski definition) is 1. The molecule has 0 aliphatic heterocycles. The summed E-state index contributed by atoms with van der Waals surface area (Å²) < 4.78 is 5.21. The average Bonchev–Trinajstić information content (AvgIpc) is 2.52. The first-order valence-corrected chi connectivity index (χ1v) is 7.27. The zero-order chi connectivity index (χ0) is 15.2. The van der Waals surface area contributed by atoms with Crippen molar-refractivity contribution in [3.05, 3.63) is 59.7 Å². The normalized spacial score (nSPS) is 12.0. The van der Waals surface area contributed by atoms with E-state index in [0.717, 1.165) is 23.5 Å². The van der Waals surface area contributed by atoms with Gasteiger partial charge >= 0.3 is 0 Å². The van der Waals surface area contributed by atoms with Gasteiger partial charge < -0.3 is 14.7 Å². The number of likely N-dealkylation sites (N-methyl/N-ethyl adjacent to an activating group) is 1. The predicted octanol–water partition coefficient (Wildman–Crippen LogP) is 3.56. The van der Waals surface area contributed by atoms with Crippen LogP contribution in [-0.2, 0) is 0 Å². The molecule has 0 heterocycles. The van der Waals surface area contributed by atoms with Gasteiger partial charge in [-0.1, -0.05) is 24.3 Å². The number of benzene rings is 2. The highest BCUT2D eigenvalue weighted by Crippen LogP contribution is 2.23. The van der Waals surface area contributed by atoms with Crippen LogP contribution in [0.3, 0.4) is 0 Å². The Labute approximate surface area is 126 Å². The highest BCUT2D eigenvalue weighted by Gasteiger charge is 2.13. The lowest BCUT2D eigenvalue weighted by Crippen LogP contribution is -2.28. The van der Waals surface area contributed by atoms with Crippen molar-refractivity contribution in [1.82, 2.24) is 0 Å². The molecule has 2 aromatic carbocycles. The van der Waals surface area contributed by atoms with Crippen molar-refractivity contribution in [2.24, 2.45) is 0 Å². The summed E-state index contributed by atoms with van der Waals surface area (Å²) in [7, 11) is 1.64. The summed E-state index contributed by atoms with van der Waals surface area (Å²) in [6.45, 7) is 5.59. The standard InChI is InChI=1S/C18H23NO2/c1-4-19(16-9-5-7-14(2)11-16)13-18(20)15-8-6-10-17(12-15)21-3/h5-12,18,20H,4,13H2,1-3H3. The second-order valence-corrected chi connectivity index (χ2v) is 5.17. The molecule has 0 saturated heterocycles. The number of anilines is 1. The molecule has 1 unspecified atom stereocenters. The van der Waals surface area contributed by atoms with Gasteiger partial charge in [0.15, 0.2) is 0 Å². The maximum Gasteiger partial charge on any atom is 0.119 e. The molecule has 0 saturated carbocycles. The quantitative estimate of drug-likeness (QED) is 0.881. The Hall–Kier alpha value is -2.00. The van der Waals surface area contributed by atoms with Gasteiger partial charge in [0.1, 0.15) is 5.75 Å². The first-order valence-electron chi connectivity index (χ1n) is 7.27. The van der Waals surface area contributed by atoms with Gasteiger partial charge in [0.05, 0.1) is 13.2 Å². The van der Waals surface area contributed by atoms with Crippen molar-refractivity contribution in [2.45, 2.75) is 20.0 Å². The van der Waals surface area contributed by atoms with Crippen molar-refractivity contribution in [1.29, 1.82) is 0 Å². The van der Waals surface area contributed by atoms with E-state index in [1.165, 1.54) is 5.56 Å². The molecule has 0 fully saturated rings. The number of nitrogens with zero attached hydrogens (tertiary/aromatic N) is 1. The molecule has 0 aromatic heterocycles. The molecule has 1 N–H and O–H groups in total. The lowest BCUT2D eigenvalue weighted by Gasteiger charge is -2.26. The van der Waals surface area contributed by atoms with Gasteiger partial charge in [0.2, 0.25) is 0 Å². The molecule has 0 amide bonds. The number of ether oxygens (including phenoxy) is 1. The highest BCUT2D eigenvalue weighted by molar-refractivity contribution is 5.48. The van der Waals surface area contributed by atoms with Crippen molar-refractivity contribution >= 4 is 5.69 Å². The molecule has 2 aromatic rings. The van der Waals surface area contributed by atoms with Crippen molar-refractivity contribution < 1.29 is 9.84 Å². The maximum absolute atomic E-state index is 10.5. The van der Waals surface area contributed by atoms with E-state index in [4.69, 9.17) is 4.74 Å². The molecule has 112 valence electrons. The maximum atomic E-state index is 10.5. The molecule has 1 atom stereocenters. The molecular weight excluding hydrogens is 262 g/mol. The van der Waals surface area contributed by atoms with Crippen LogP contribution >= 0.6 is 0 Å². The summed E-state index contributed by atoms with van der Waals surface area (Å²) in [6, 6.07) is 15.9. The molecular formula is C18H23NO2. The Morgan fingerprint density at radius 3 is 2.57 bits per heavy atom. The first kappa shape index (κ1) is 15.4. The molecule has 0 bridgehead atoms. The number of aliphatic hydroxyl groups excluding tert-OH is 1. The van der Waals surface area contributed by atoms with Crippen LogP contribution in [0.15, 0.2) is 48.5 Å². The zero-order valence-corrected chi connectivity index (χ0v) is 12.9. The van der Waals surface area contributed by atoms with Crippen molar-refractivity contribution in [3.63, 3.8) is 0 Å². The van der Waals surface area contributed by atoms with E-state index < -0.39 is 6.10 Å². The smallest absolute Gasteiger partial charge is 0.119 e. The molecule has 3 heteroatoms. The fourth-order valence-corrected chi connectivity index (χ4v) is 2.40. The van der Waals surface area contributed by atoms with Gasteiger partial charge in [0.25, 0.3) is 0 Å². The topological polar surface area (TPSA) is 32.7 Å². The summed E-state index contributed by atoms with van der Waals surface area (Å²) in [5, 5.41) is 10.5. The average molecular weight is 285 g/mol. The first-order chi connectivity index (χ1) is 10.1. The van der Waals surface area contributed by atoms with Crippen LogP contribution in [0.5, 0.6) is 5.75 Å². The Morgan fingerprint density at radius 2 is 1.90 bits per heavy atom. The van der Waals surface area contributed by atoms with Gasteiger partial charge in [-0.05, 0) is 49.2 Å². The van der Waals surface area contributed by atoms with Gasteiger partial charge in [-0.15, -0.1) is 0 Å². The SMILES string of the molecule is CCN(CC(O)c1cccc(OC)c1)c1cccc(C)c1. The number of hydrogen-bond acceptors (Lipinski definition) is 3. The molecule has 3 nitrogen and oxygen atoms in total. The van der Waals surface area contributed by atoms with Crippen molar-refractivity contribution in [3.8, 4) is 5.75 Å². The van der Waals surface area contributed by atoms with E-state index in [1.807, 2.05) is 30.3 Å². The molecule has 21 heavy (non-hydrogen) atoms. The van der Waals surface area contributed by atoms with E-state index in [0.29, 0.717) is 6.54 Å². The number of aryl methyl sites for hydroxylation is 1. The van der Waals surface area contributed by atoms with Crippen LogP contribution in [0.25, 0.3) is 0 Å². The van der Waals surface area contributed by atoms with Crippen LogP contribution in [-0.4, -0.2) is 25.3 Å². The van der Waals surface area contributed by atoms with Crippen LogP contribution < -0.4 is 9.64 Å². The lowest BCUT2D eigenvalue weighted by atomic mass is 10.1. The number of methoxy groups -OCH3 is 1. The third kappa shape index (κ3) is 3.99. The fourth-order valence-electron chi connectivity index (χ4n) is 2.40. The number of rotatable bonds is 6. The van der Waals surface area contributed by atoms with Gasteiger partial charge in [-0.3, -0.25) is 0 Å². The second-order valence-electron chi connectivity index (χ2n) is 5.17. The minimum Gasteiger partial charge on any atom is -0.497 e. The molecule has 0 radical (unpaired) electrons. The van der Waals surface area contributed by atoms with E-state index >= 15 is 0 Å². The van der Waals surface area contributed by atoms with Crippen LogP contribution in [0.1, 0.15) is 24.2 Å². The molecule has 0 aliphatic rings. The van der Waals surface area contributed by atoms with Crippen LogP contribution in [0.4, 0.5) is 5.69 Å². The van der Waals surface area contributed by atoms with E-state index in [-0.39, 0.29) is 0 Å². The monoisotopic (exact) mass is 285 g/mol. The summed E-state index contributed by atoms with van der Waals surface area (Å²) in [4.78, 5) is 2.18. The van der Waals surface area contributed by atoms with E-state index in [2.05, 4.69) is 36.9 Å². The Balaban J connectivity index is 2.14. The lowest BCUT2D eigenvalue weighted by molar-refractivity contribution is 0.183. The summed E-state index contributed by atoms with van der Waals surface area (Å²) in [5.41, 5.74) is 3.24. The van der Waals surface area contributed by atoms with E-state index in [1.54, 1.807) is 7.11 Å². The molecule has 0 aliphatic carbocycles. The third-order valence-corrected chi connectivity index (χ3v) is 3.62. The van der Waals surface area contributed by atoms with Crippen molar-refractivity contribution in [2.75, 3.05) is 25.1 Å². The third-order valence-electron chi connectivity index (χ3n) is 3.62. The largest absolute Gasteiger partial charge is 0.497 e. The van der Waals surface area contributed by atoms with Crippen LogP contribution in [0, 0.1) is 6.92 Å². The Morgan fingerprint density at radius 1 is 1.14 bits per heavy atom. The zero-order valence-electron chi connectivity index (χ0n) is 12.9. The highest BCUT2D eigenvalue weighted by atomic mass is 16.5. The summed E-state index contributed by atoms with van der Waals surface area (Å²) in [5.74, 6) is 0.769.